The molecule has 0 amide bonds. The first kappa shape index (κ1) is 13.3. The van der Waals surface area contributed by atoms with E-state index in [1.54, 1.807) is 6.07 Å². The Morgan fingerprint density at radius 2 is 2.17 bits per heavy atom. The Bertz CT molecular complexity index is 384. The molecule has 1 saturated heterocycles. The molecule has 0 aliphatic carbocycles. The highest BCUT2D eigenvalue weighted by atomic mass is 16.3. The third-order valence-corrected chi connectivity index (χ3v) is 3.64. The zero-order chi connectivity index (χ0) is 13.0. The van der Waals surface area contributed by atoms with Gasteiger partial charge < -0.3 is 15.1 Å². The van der Waals surface area contributed by atoms with E-state index in [4.69, 9.17) is 5.11 Å². The lowest BCUT2D eigenvalue weighted by Gasteiger charge is -2.39. The molecule has 2 N–H and O–H groups in total. The summed E-state index contributed by atoms with van der Waals surface area (Å²) in [6.45, 7) is 4.16. The number of likely N-dealkylation sites (N-methyl/N-ethyl adjacent to an activating group) is 1. The highest BCUT2D eigenvalue weighted by molar-refractivity contribution is 5.27. The number of hydrogen-bond acceptors (Lipinski definition) is 4. The predicted molar refractivity (Wildman–Crippen MR) is 71.5 cm³/mol. The number of nitrogens with zero attached hydrogens (tertiary/aromatic N) is 2. The van der Waals surface area contributed by atoms with Gasteiger partial charge in [0.15, 0.2) is 0 Å². The molecule has 1 aromatic carbocycles. The molecule has 0 bridgehead atoms. The Morgan fingerprint density at radius 1 is 1.33 bits per heavy atom. The number of rotatable bonds is 4. The summed E-state index contributed by atoms with van der Waals surface area (Å²) in [5.74, 6) is 0.327. The molecule has 0 saturated carbocycles. The van der Waals surface area contributed by atoms with Crippen LogP contribution in [0, 0.1) is 0 Å². The van der Waals surface area contributed by atoms with Gasteiger partial charge in [0.25, 0.3) is 0 Å². The minimum Gasteiger partial charge on any atom is -0.508 e. The molecule has 1 aromatic rings. The van der Waals surface area contributed by atoms with Crippen LogP contribution in [-0.4, -0.2) is 59.3 Å². The minimum atomic E-state index is 0.245. The van der Waals surface area contributed by atoms with Crippen LogP contribution in [0.5, 0.6) is 5.75 Å². The van der Waals surface area contributed by atoms with E-state index in [1.807, 2.05) is 18.2 Å². The van der Waals surface area contributed by atoms with Crippen molar-refractivity contribution in [3.05, 3.63) is 29.8 Å². The van der Waals surface area contributed by atoms with E-state index in [0.29, 0.717) is 11.8 Å². The number of phenolic OH excluding ortho intramolecular Hbond substituents is 1. The first-order valence-electron chi connectivity index (χ1n) is 6.50. The van der Waals surface area contributed by atoms with Gasteiger partial charge in [-0.3, -0.25) is 4.90 Å². The molecule has 0 unspecified atom stereocenters. The molecule has 100 valence electrons. The summed E-state index contributed by atoms with van der Waals surface area (Å²) in [4.78, 5) is 4.70. The van der Waals surface area contributed by atoms with E-state index in [9.17, 15) is 5.11 Å². The lowest BCUT2D eigenvalue weighted by Crippen LogP contribution is -2.51. The minimum absolute atomic E-state index is 0.245. The molecule has 4 heteroatoms. The summed E-state index contributed by atoms with van der Waals surface area (Å²) in [6, 6.07) is 7.87. The molecular formula is C14H22N2O2. The maximum Gasteiger partial charge on any atom is 0.115 e. The fourth-order valence-electron chi connectivity index (χ4n) is 2.53. The summed E-state index contributed by atoms with van der Waals surface area (Å²) >= 11 is 0. The molecule has 1 aliphatic rings. The molecule has 2 rings (SSSR count). The van der Waals surface area contributed by atoms with Gasteiger partial charge >= 0.3 is 0 Å². The maximum absolute atomic E-state index is 9.46. The molecule has 0 radical (unpaired) electrons. The van der Waals surface area contributed by atoms with Crippen molar-refractivity contribution >= 4 is 0 Å². The molecule has 1 atom stereocenters. The van der Waals surface area contributed by atoms with Crippen LogP contribution < -0.4 is 0 Å². The summed E-state index contributed by atoms with van der Waals surface area (Å²) < 4.78 is 0. The number of hydrogen-bond donors (Lipinski definition) is 2. The van der Waals surface area contributed by atoms with Crippen molar-refractivity contribution in [2.45, 2.75) is 19.0 Å². The second-order valence-electron chi connectivity index (χ2n) is 5.05. The van der Waals surface area contributed by atoms with E-state index in [2.05, 4.69) is 16.8 Å². The van der Waals surface area contributed by atoms with E-state index in [-0.39, 0.29) is 6.61 Å². The van der Waals surface area contributed by atoms with Gasteiger partial charge in [0.1, 0.15) is 5.75 Å². The van der Waals surface area contributed by atoms with Crippen molar-refractivity contribution in [3.63, 3.8) is 0 Å². The number of aliphatic hydroxyl groups is 1. The number of benzene rings is 1. The average Bonchev–Trinajstić information content (AvgIpc) is 2.34. The number of aromatic hydroxyl groups is 1. The average molecular weight is 250 g/mol. The lowest BCUT2D eigenvalue weighted by atomic mass is 10.1. The van der Waals surface area contributed by atoms with Gasteiger partial charge in [-0.2, -0.15) is 0 Å². The standard InChI is InChI=1S/C14H22N2O2/c1-15-6-7-16(11-13(15)5-8-17)10-12-3-2-4-14(18)9-12/h2-4,9,13,17-18H,5-8,10-11H2,1H3/t13-/m1/s1. The number of aliphatic hydroxyl groups excluding tert-OH is 1. The largest absolute Gasteiger partial charge is 0.508 e. The lowest BCUT2D eigenvalue weighted by molar-refractivity contribution is 0.0743. The van der Waals surface area contributed by atoms with Crippen LogP contribution in [0.25, 0.3) is 0 Å². The van der Waals surface area contributed by atoms with Crippen LogP contribution >= 0.6 is 0 Å². The Labute approximate surface area is 108 Å². The first-order valence-corrected chi connectivity index (χ1v) is 6.50. The Hall–Kier alpha value is -1.10. The molecular weight excluding hydrogens is 228 g/mol. The topological polar surface area (TPSA) is 46.9 Å². The molecule has 1 aliphatic heterocycles. The zero-order valence-corrected chi connectivity index (χ0v) is 10.9. The fourth-order valence-corrected chi connectivity index (χ4v) is 2.53. The van der Waals surface area contributed by atoms with E-state index < -0.39 is 0 Å². The maximum atomic E-state index is 9.46. The van der Waals surface area contributed by atoms with Gasteiger partial charge in [0.05, 0.1) is 0 Å². The van der Waals surface area contributed by atoms with Crippen LogP contribution in [0.2, 0.25) is 0 Å². The van der Waals surface area contributed by atoms with E-state index in [1.165, 1.54) is 0 Å². The van der Waals surface area contributed by atoms with Crippen LogP contribution in [0.15, 0.2) is 24.3 Å². The normalized spacial score (nSPS) is 22.2. The third kappa shape index (κ3) is 3.45. The SMILES string of the molecule is CN1CCN(Cc2cccc(O)c2)C[C@H]1CCO. The molecule has 18 heavy (non-hydrogen) atoms. The summed E-state index contributed by atoms with van der Waals surface area (Å²) in [5, 5.41) is 18.5. The summed E-state index contributed by atoms with van der Waals surface area (Å²) in [5.41, 5.74) is 1.14. The van der Waals surface area contributed by atoms with Crippen molar-refractivity contribution in [3.8, 4) is 5.75 Å². The van der Waals surface area contributed by atoms with Crippen molar-refractivity contribution in [1.29, 1.82) is 0 Å². The van der Waals surface area contributed by atoms with Gasteiger partial charge in [-0.1, -0.05) is 12.1 Å². The molecule has 1 heterocycles. The van der Waals surface area contributed by atoms with Crippen molar-refractivity contribution in [2.24, 2.45) is 0 Å². The second-order valence-corrected chi connectivity index (χ2v) is 5.05. The van der Waals surface area contributed by atoms with Gasteiger partial charge in [-0.25, -0.2) is 0 Å². The number of phenols is 1. The molecule has 4 nitrogen and oxygen atoms in total. The van der Waals surface area contributed by atoms with Gasteiger partial charge in [-0.05, 0) is 31.2 Å². The van der Waals surface area contributed by atoms with Crippen LogP contribution in [0.3, 0.4) is 0 Å². The highest BCUT2D eigenvalue weighted by Gasteiger charge is 2.23. The van der Waals surface area contributed by atoms with E-state index in [0.717, 1.165) is 38.2 Å². The first-order chi connectivity index (χ1) is 8.69. The van der Waals surface area contributed by atoms with Crippen LogP contribution in [0.4, 0.5) is 0 Å². The second kappa shape index (κ2) is 6.18. The summed E-state index contributed by atoms with van der Waals surface area (Å²) in [6.07, 6.45) is 0.826. The Kier molecular flexibility index (Phi) is 4.58. The quantitative estimate of drug-likeness (QED) is 0.833. The predicted octanol–water partition coefficient (Wildman–Crippen LogP) is 0.891. The van der Waals surface area contributed by atoms with Gasteiger partial charge in [0, 0.05) is 38.8 Å². The van der Waals surface area contributed by atoms with Crippen molar-refractivity contribution < 1.29 is 10.2 Å². The molecule has 0 spiro atoms. The van der Waals surface area contributed by atoms with Gasteiger partial charge in [0.2, 0.25) is 0 Å². The summed E-state index contributed by atoms with van der Waals surface area (Å²) in [7, 11) is 2.12. The Balaban J connectivity index is 1.94. The third-order valence-electron chi connectivity index (χ3n) is 3.64. The smallest absolute Gasteiger partial charge is 0.115 e. The van der Waals surface area contributed by atoms with Crippen molar-refractivity contribution in [1.82, 2.24) is 9.80 Å². The monoisotopic (exact) mass is 250 g/mol. The fraction of sp³-hybridized carbons (Fsp3) is 0.571. The Morgan fingerprint density at radius 3 is 2.89 bits per heavy atom. The molecule has 1 fully saturated rings. The van der Waals surface area contributed by atoms with Gasteiger partial charge in [-0.15, -0.1) is 0 Å². The highest BCUT2D eigenvalue weighted by Crippen LogP contribution is 2.16. The zero-order valence-electron chi connectivity index (χ0n) is 10.9. The van der Waals surface area contributed by atoms with Crippen LogP contribution in [0.1, 0.15) is 12.0 Å². The van der Waals surface area contributed by atoms with Crippen molar-refractivity contribution in [2.75, 3.05) is 33.3 Å². The molecule has 0 aromatic heterocycles. The van der Waals surface area contributed by atoms with Crippen LogP contribution in [-0.2, 0) is 6.54 Å². The number of piperazine rings is 1. The van der Waals surface area contributed by atoms with E-state index >= 15 is 0 Å².